The van der Waals surface area contributed by atoms with Crippen LogP contribution >= 0.6 is 0 Å². The van der Waals surface area contributed by atoms with E-state index in [9.17, 15) is 4.79 Å². The van der Waals surface area contributed by atoms with E-state index in [2.05, 4.69) is 5.32 Å². The number of carbonyl (C=O) groups excluding carboxylic acids is 1. The van der Waals surface area contributed by atoms with Crippen molar-refractivity contribution < 1.29 is 4.79 Å². The minimum Gasteiger partial charge on any atom is -0.385 e. The Morgan fingerprint density at radius 3 is 2.50 bits per heavy atom. The molecule has 0 saturated heterocycles. The van der Waals surface area contributed by atoms with Crippen molar-refractivity contribution in [2.45, 2.75) is 32.6 Å². The van der Waals surface area contributed by atoms with Crippen molar-refractivity contribution in [2.75, 3.05) is 11.9 Å². The fourth-order valence-corrected chi connectivity index (χ4v) is 1.94. The topological polar surface area (TPSA) is 29.1 Å². The fraction of sp³-hybridized carbons (Fsp3) is 0.500. The number of ketones is 1. The zero-order valence-corrected chi connectivity index (χ0v) is 9.83. The maximum atomic E-state index is 11.4. The van der Waals surface area contributed by atoms with Gasteiger partial charge in [0.25, 0.3) is 0 Å². The summed E-state index contributed by atoms with van der Waals surface area (Å²) in [5, 5.41) is 3.42. The number of carbonyl (C=O) groups is 1. The lowest BCUT2D eigenvalue weighted by atomic mass is 9.85. The molecular weight excluding hydrogens is 198 g/mol. The number of benzene rings is 1. The molecule has 86 valence electrons. The summed E-state index contributed by atoms with van der Waals surface area (Å²) >= 11 is 0. The molecule has 0 spiro atoms. The minimum atomic E-state index is 0.213. The van der Waals surface area contributed by atoms with Gasteiger partial charge in [0, 0.05) is 24.2 Å². The Labute approximate surface area is 97.1 Å². The summed E-state index contributed by atoms with van der Waals surface area (Å²) in [6.45, 7) is 2.96. The zero-order valence-electron chi connectivity index (χ0n) is 9.83. The summed E-state index contributed by atoms with van der Waals surface area (Å²) in [7, 11) is 0. The second-order valence-corrected chi connectivity index (χ2v) is 4.53. The van der Waals surface area contributed by atoms with Gasteiger partial charge in [0.2, 0.25) is 0 Å². The van der Waals surface area contributed by atoms with Crippen molar-refractivity contribution in [3.8, 4) is 0 Å². The van der Waals surface area contributed by atoms with Crippen LogP contribution in [0.1, 0.15) is 43.0 Å². The van der Waals surface area contributed by atoms with Gasteiger partial charge in [0.1, 0.15) is 0 Å². The standard InChI is InChI=1S/C14H19NO/c1-2-14(16)12-6-8-13(9-7-12)15-10-11-4-3-5-11/h6-9,11,15H,2-5,10H2,1H3. The Morgan fingerprint density at radius 2 is 2.00 bits per heavy atom. The number of Topliss-reactive ketones (excluding diaryl/α,β-unsaturated/α-hetero) is 1. The van der Waals surface area contributed by atoms with Crippen LogP contribution in [-0.4, -0.2) is 12.3 Å². The Hall–Kier alpha value is -1.31. The number of hydrogen-bond donors (Lipinski definition) is 1. The van der Waals surface area contributed by atoms with Gasteiger partial charge in [-0.05, 0) is 43.0 Å². The van der Waals surface area contributed by atoms with Crippen LogP contribution in [-0.2, 0) is 0 Å². The molecule has 0 bridgehead atoms. The molecule has 0 amide bonds. The summed E-state index contributed by atoms with van der Waals surface area (Å²) < 4.78 is 0. The molecule has 2 rings (SSSR count). The summed E-state index contributed by atoms with van der Waals surface area (Å²) in [6.07, 6.45) is 4.68. The second kappa shape index (κ2) is 5.15. The van der Waals surface area contributed by atoms with Crippen LogP contribution in [0.25, 0.3) is 0 Å². The Bertz CT molecular complexity index is 352. The average molecular weight is 217 g/mol. The highest BCUT2D eigenvalue weighted by atomic mass is 16.1. The van der Waals surface area contributed by atoms with E-state index in [1.165, 1.54) is 19.3 Å². The first kappa shape index (κ1) is 11.2. The monoisotopic (exact) mass is 217 g/mol. The Morgan fingerprint density at radius 1 is 1.31 bits per heavy atom. The van der Waals surface area contributed by atoms with E-state index in [4.69, 9.17) is 0 Å². The van der Waals surface area contributed by atoms with Gasteiger partial charge in [-0.25, -0.2) is 0 Å². The SMILES string of the molecule is CCC(=O)c1ccc(NCC2CCC2)cc1. The number of hydrogen-bond acceptors (Lipinski definition) is 2. The maximum absolute atomic E-state index is 11.4. The fourth-order valence-electron chi connectivity index (χ4n) is 1.94. The summed E-state index contributed by atoms with van der Waals surface area (Å²) in [5.74, 6) is 1.07. The molecule has 0 atom stereocenters. The predicted octanol–water partition coefficient (Wildman–Crippen LogP) is 3.49. The van der Waals surface area contributed by atoms with Crippen molar-refractivity contribution in [3.63, 3.8) is 0 Å². The van der Waals surface area contributed by atoms with E-state index in [-0.39, 0.29) is 5.78 Å². The lowest BCUT2D eigenvalue weighted by Gasteiger charge is -2.25. The molecule has 1 aliphatic rings. The quantitative estimate of drug-likeness (QED) is 0.765. The molecule has 1 saturated carbocycles. The van der Waals surface area contributed by atoms with Gasteiger partial charge >= 0.3 is 0 Å². The Balaban J connectivity index is 1.88. The molecule has 2 nitrogen and oxygen atoms in total. The molecule has 1 aromatic carbocycles. The van der Waals surface area contributed by atoms with Gasteiger partial charge < -0.3 is 5.32 Å². The van der Waals surface area contributed by atoms with Gasteiger partial charge in [-0.3, -0.25) is 4.79 Å². The summed E-state index contributed by atoms with van der Waals surface area (Å²) in [6, 6.07) is 7.83. The largest absolute Gasteiger partial charge is 0.385 e. The third-order valence-corrected chi connectivity index (χ3v) is 3.35. The van der Waals surface area contributed by atoms with Crippen LogP contribution in [0.2, 0.25) is 0 Å². The summed E-state index contributed by atoms with van der Waals surface area (Å²) in [5.41, 5.74) is 1.94. The smallest absolute Gasteiger partial charge is 0.162 e. The lowest BCUT2D eigenvalue weighted by molar-refractivity contribution is 0.0988. The zero-order chi connectivity index (χ0) is 11.4. The summed E-state index contributed by atoms with van der Waals surface area (Å²) in [4.78, 5) is 11.4. The van der Waals surface area contributed by atoms with Crippen LogP contribution in [0.15, 0.2) is 24.3 Å². The number of nitrogens with one attached hydrogen (secondary N) is 1. The molecule has 1 aliphatic carbocycles. The molecule has 1 fully saturated rings. The van der Waals surface area contributed by atoms with E-state index in [0.717, 1.165) is 23.7 Å². The predicted molar refractivity (Wildman–Crippen MR) is 66.9 cm³/mol. The molecule has 0 aliphatic heterocycles. The van der Waals surface area contributed by atoms with E-state index < -0.39 is 0 Å². The van der Waals surface area contributed by atoms with E-state index in [0.29, 0.717) is 6.42 Å². The van der Waals surface area contributed by atoms with Crippen molar-refractivity contribution in [1.82, 2.24) is 0 Å². The van der Waals surface area contributed by atoms with Gasteiger partial charge in [-0.2, -0.15) is 0 Å². The van der Waals surface area contributed by atoms with E-state index in [1.54, 1.807) is 0 Å². The van der Waals surface area contributed by atoms with Crippen molar-refractivity contribution in [2.24, 2.45) is 5.92 Å². The third-order valence-electron chi connectivity index (χ3n) is 3.35. The van der Waals surface area contributed by atoms with Crippen LogP contribution in [0.4, 0.5) is 5.69 Å². The highest BCUT2D eigenvalue weighted by molar-refractivity contribution is 5.96. The number of rotatable bonds is 5. The average Bonchev–Trinajstić information content (AvgIpc) is 2.27. The van der Waals surface area contributed by atoms with Gasteiger partial charge in [0.05, 0.1) is 0 Å². The van der Waals surface area contributed by atoms with E-state index >= 15 is 0 Å². The molecule has 1 N–H and O–H groups in total. The lowest BCUT2D eigenvalue weighted by Crippen LogP contribution is -2.20. The molecule has 0 unspecified atom stereocenters. The third kappa shape index (κ3) is 2.63. The van der Waals surface area contributed by atoms with Crippen LogP contribution in [0, 0.1) is 5.92 Å². The van der Waals surface area contributed by atoms with Gasteiger partial charge in [-0.15, -0.1) is 0 Å². The van der Waals surface area contributed by atoms with Gasteiger partial charge in [0.15, 0.2) is 5.78 Å². The highest BCUT2D eigenvalue weighted by Gasteiger charge is 2.16. The van der Waals surface area contributed by atoms with Crippen LogP contribution in [0.5, 0.6) is 0 Å². The first-order chi connectivity index (χ1) is 7.79. The van der Waals surface area contributed by atoms with Gasteiger partial charge in [-0.1, -0.05) is 13.3 Å². The Kier molecular flexibility index (Phi) is 3.60. The molecule has 0 aromatic heterocycles. The van der Waals surface area contributed by atoms with Crippen molar-refractivity contribution >= 4 is 11.5 Å². The van der Waals surface area contributed by atoms with Crippen LogP contribution < -0.4 is 5.32 Å². The second-order valence-electron chi connectivity index (χ2n) is 4.53. The van der Waals surface area contributed by atoms with Crippen LogP contribution in [0.3, 0.4) is 0 Å². The normalized spacial score (nSPS) is 15.6. The molecule has 2 heteroatoms. The van der Waals surface area contributed by atoms with Crippen molar-refractivity contribution in [1.29, 1.82) is 0 Å². The minimum absolute atomic E-state index is 0.213. The molecule has 0 heterocycles. The molecule has 0 radical (unpaired) electrons. The highest BCUT2D eigenvalue weighted by Crippen LogP contribution is 2.26. The van der Waals surface area contributed by atoms with E-state index in [1.807, 2.05) is 31.2 Å². The first-order valence-electron chi connectivity index (χ1n) is 6.16. The molecule has 1 aromatic rings. The molecular formula is C14H19NO. The number of anilines is 1. The molecule has 16 heavy (non-hydrogen) atoms. The first-order valence-corrected chi connectivity index (χ1v) is 6.16. The van der Waals surface area contributed by atoms with Crippen molar-refractivity contribution in [3.05, 3.63) is 29.8 Å². The maximum Gasteiger partial charge on any atom is 0.162 e.